The Labute approximate surface area is 106 Å². The van der Waals surface area contributed by atoms with Crippen molar-refractivity contribution in [2.24, 2.45) is 5.14 Å². The second-order valence-electron chi connectivity index (χ2n) is 4.33. The van der Waals surface area contributed by atoms with Crippen molar-refractivity contribution in [2.45, 2.75) is 23.8 Å². The zero-order valence-electron chi connectivity index (χ0n) is 9.93. The number of sulfonamides is 1. The van der Waals surface area contributed by atoms with Crippen molar-refractivity contribution < 1.29 is 13.2 Å². The molecule has 1 fully saturated rings. The fourth-order valence-electron chi connectivity index (χ4n) is 1.97. The van der Waals surface area contributed by atoms with E-state index < -0.39 is 10.0 Å². The van der Waals surface area contributed by atoms with Crippen LogP contribution in [0.4, 0.5) is 11.4 Å². The number of rotatable bonds is 3. The third-order valence-electron chi connectivity index (χ3n) is 2.91. The number of hydrogen-bond donors (Lipinski definition) is 3. The highest BCUT2D eigenvalue weighted by Gasteiger charge is 2.15. The van der Waals surface area contributed by atoms with Gasteiger partial charge >= 0.3 is 0 Å². The lowest BCUT2D eigenvalue weighted by molar-refractivity contribution is 0.0904. The SMILES string of the molecule is Nc1cc(NC2CCOCC2)ccc1S(N)(=O)=O. The van der Waals surface area contributed by atoms with Crippen LogP contribution in [0.5, 0.6) is 0 Å². The molecule has 1 aromatic carbocycles. The number of primary sulfonamides is 1. The third-order valence-corrected chi connectivity index (χ3v) is 3.89. The first-order chi connectivity index (χ1) is 8.47. The Kier molecular flexibility index (Phi) is 3.74. The van der Waals surface area contributed by atoms with Gasteiger partial charge in [-0.05, 0) is 31.0 Å². The fourth-order valence-corrected chi connectivity index (χ4v) is 2.62. The average molecular weight is 271 g/mol. The number of nitrogens with one attached hydrogen (secondary N) is 1. The van der Waals surface area contributed by atoms with Crippen molar-refractivity contribution in [1.29, 1.82) is 0 Å². The van der Waals surface area contributed by atoms with Crippen LogP contribution in [0.3, 0.4) is 0 Å². The molecule has 0 aliphatic carbocycles. The minimum absolute atomic E-state index is 0.0416. The molecule has 1 saturated heterocycles. The summed E-state index contributed by atoms with van der Waals surface area (Å²) in [7, 11) is -3.76. The van der Waals surface area contributed by atoms with Gasteiger partial charge in [0.15, 0.2) is 0 Å². The Morgan fingerprint density at radius 2 is 1.94 bits per heavy atom. The molecule has 18 heavy (non-hydrogen) atoms. The minimum Gasteiger partial charge on any atom is -0.398 e. The number of benzene rings is 1. The van der Waals surface area contributed by atoms with E-state index in [2.05, 4.69) is 5.32 Å². The van der Waals surface area contributed by atoms with E-state index in [1.165, 1.54) is 6.07 Å². The monoisotopic (exact) mass is 271 g/mol. The Morgan fingerprint density at radius 1 is 1.28 bits per heavy atom. The van der Waals surface area contributed by atoms with Crippen molar-refractivity contribution >= 4 is 21.4 Å². The molecule has 1 aliphatic rings. The van der Waals surface area contributed by atoms with Gasteiger partial charge in [0.05, 0.1) is 5.69 Å². The highest BCUT2D eigenvalue weighted by Crippen LogP contribution is 2.23. The molecule has 0 radical (unpaired) electrons. The lowest BCUT2D eigenvalue weighted by Gasteiger charge is -2.24. The van der Waals surface area contributed by atoms with Crippen LogP contribution in [0, 0.1) is 0 Å². The first kappa shape index (κ1) is 13.1. The molecule has 6 nitrogen and oxygen atoms in total. The maximum Gasteiger partial charge on any atom is 0.240 e. The first-order valence-corrected chi connectivity index (χ1v) is 7.28. The molecule has 1 aromatic rings. The quantitative estimate of drug-likeness (QED) is 0.694. The predicted molar refractivity (Wildman–Crippen MR) is 69.7 cm³/mol. The van der Waals surface area contributed by atoms with Gasteiger partial charge in [0.25, 0.3) is 0 Å². The topological polar surface area (TPSA) is 107 Å². The standard InChI is InChI=1S/C11H17N3O3S/c12-10-7-9(1-2-11(10)18(13,15)16)14-8-3-5-17-6-4-8/h1-2,7-8,14H,3-6,12H2,(H2,13,15,16). The van der Waals surface area contributed by atoms with E-state index in [4.69, 9.17) is 15.6 Å². The van der Waals surface area contributed by atoms with E-state index in [9.17, 15) is 8.42 Å². The fraction of sp³-hybridized carbons (Fsp3) is 0.455. The number of nitrogen functional groups attached to an aromatic ring is 1. The molecule has 0 spiro atoms. The van der Waals surface area contributed by atoms with E-state index in [1.807, 2.05) is 0 Å². The molecule has 0 amide bonds. The summed E-state index contributed by atoms with van der Waals surface area (Å²) >= 11 is 0. The summed E-state index contributed by atoms with van der Waals surface area (Å²) < 4.78 is 27.7. The van der Waals surface area contributed by atoms with Crippen molar-refractivity contribution in [3.63, 3.8) is 0 Å². The van der Waals surface area contributed by atoms with Gasteiger partial charge < -0.3 is 15.8 Å². The van der Waals surface area contributed by atoms with Crippen LogP contribution in [0.1, 0.15) is 12.8 Å². The van der Waals surface area contributed by atoms with Gasteiger partial charge in [0, 0.05) is 24.9 Å². The van der Waals surface area contributed by atoms with Gasteiger partial charge in [-0.15, -0.1) is 0 Å². The first-order valence-electron chi connectivity index (χ1n) is 5.73. The zero-order valence-corrected chi connectivity index (χ0v) is 10.7. The molecule has 2 rings (SSSR count). The highest BCUT2D eigenvalue weighted by atomic mass is 32.2. The van der Waals surface area contributed by atoms with E-state index in [0.717, 1.165) is 31.7 Å². The van der Waals surface area contributed by atoms with E-state index >= 15 is 0 Å². The molecule has 0 unspecified atom stereocenters. The molecular weight excluding hydrogens is 254 g/mol. The Hall–Kier alpha value is -1.31. The summed E-state index contributed by atoms with van der Waals surface area (Å²) in [5.41, 5.74) is 6.65. The zero-order chi connectivity index (χ0) is 13.2. The molecular formula is C11H17N3O3S. The number of anilines is 2. The summed E-state index contributed by atoms with van der Waals surface area (Å²) in [6.07, 6.45) is 1.85. The maximum atomic E-state index is 11.2. The summed E-state index contributed by atoms with van der Waals surface area (Å²) in [6.45, 7) is 1.48. The average Bonchev–Trinajstić information content (AvgIpc) is 2.28. The van der Waals surface area contributed by atoms with Crippen molar-refractivity contribution in [3.8, 4) is 0 Å². The van der Waals surface area contributed by atoms with E-state index in [-0.39, 0.29) is 10.6 Å². The molecule has 0 bridgehead atoms. The lowest BCUT2D eigenvalue weighted by atomic mass is 10.1. The van der Waals surface area contributed by atoms with Crippen LogP contribution in [-0.2, 0) is 14.8 Å². The van der Waals surface area contributed by atoms with Gasteiger partial charge in [-0.2, -0.15) is 0 Å². The number of ether oxygens (including phenoxy) is 1. The lowest BCUT2D eigenvalue weighted by Crippen LogP contribution is -2.27. The normalized spacial score (nSPS) is 17.6. The molecule has 5 N–H and O–H groups in total. The molecule has 1 aliphatic heterocycles. The van der Waals surface area contributed by atoms with Crippen LogP contribution < -0.4 is 16.2 Å². The Balaban J connectivity index is 2.13. The van der Waals surface area contributed by atoms with E-state index in [1.54, 1.807) is 12.1 Å². The van der Waals surface area contributed by atoms with Gasteiger partial charge in [-0.3, -0.25) is 0 Å². The van der Waals surface area contributed by atoms with Crippen LogP contribution in [0.25, 0.3) is 0 Å². The van der Waals surface area contributed by atoms with Gasteiger partial charge in [-0.25, -0.2) is 13.6 Å². The molecule has 1 heterocycles. The van der Waals surface area contributed by atoms with Crippen molar-refractivity contribution in [3.05, 3.63) is 18.2 Å². The Bertz CT molecular complexity index is 524. The molecule has 0 saturated carbocycles. The van der Waals surface area contributed by atoms with Crippen LogP contribution in [-0.4, -0.2) is 27.7 Å². The summed E-state index contributed by atoms with van der Waals surface area (Å²) in [4.78, 5) is -0.0416. The second kappa shape index (κ2) is 5.13. The van der Waals surface area contributed by atoms with Crippen molar-refractivity contribution in [2.75, 3.05) is 24.3 Å². The largest absolute Gasteiger partial charge is 0.398 e. The van der Waals surface area contributed by atoms with Crippen LogP contribution in [0.15, 0.2) is 23.1 Å². The number of hydrogen-bond acceptors (Lipinski definition) is 5. The summed E-state index contributed by atoms with van der Waals surface area (Å²) in [6, 6.07) is 5.02. The molecule has 0 aromatic heterocycles. The van der Waals surface area contributed by atoms with Crippen LogP contribution in [0.2, 0.25) is 0 Å². The molecule has 100 valence electrons. The van der Waals surface area contributed by atoms with Gasteiger partial charge in [-0.1, -0.05) is 0 Å². The minimum atomic E-state index is -3.76. The van der Waals surface area contributed by atoms with Gasteiger partial charge in [0.2, 0.25) is 10.0 Å². The third kappa shape index (κ3) is 3.12. The second-order valence-corrected chi connectivity index (χ2v) is 5.86. The number of nitrogens with two attached hydrogens (primary N) is 2. The smallest absolute Gasteiger partial charge is 0.240 e. The maximum absolute atomic E-state index is 11.2. The van der Waals surface area contributed by atoms with Gasteiger partial charge in [0.1, 0.15) is 4.90 Å². The predicted octanol–water partition coefficient (Wildman–Crippen LogP) is 0.507. The summed E-state index contributed by atoms with van der Waals surface area (Å²) in [5.74, 6) is 0. The highest BCUT2D eigenvalue weighted by molar-refractivity contribution is 7.89. The summed E-state index contributed by atoms with van der Waals surface area (Å²) in [5, 5.41) is 8.35. The van der Waals surface area contributed by atoms with E-state index in [0.29, 0.717) is 6.04 Å². The molecule has 0 atom stereocenters. The molecule has 7 heteroatoms. The van der Waals surface area contributed by atoms with Crippen molar-refractivity contribution in [1.82, 2.24) is 0 Å². The Morgan fingerprint density at radius 3 is 2.50 bits per heavy atom. The van der Waals surface area contributed by atoms with Crippen LogP contribution >= 0.6 is 0 Å².